The summed E-state index contributed by atoms with van der Waals surface area (Å²) in [6.45, 7) is 10.1. The first-order valence-corrected chi connectivity index (χ1v) is 6.60. The van der Waals surface area contributed by atoms with E-state index in [4.69, 9.17) is 0 Å². The predicted octanol–water partition coefficient (Wildman–Crippen LogP) is 2.50. The van der Waals surface area contributed by atoms with Gasteiger partial charge in [0.1, 0.15) is 0 Å². The van der Waals surface area contributed by atoms with Gasteiger partial charge in [0, 0.05) is 32.2 Å². The first-order chi connectivity index (χ1) is 8.08. The molecule has 2 fully saturated rings. The van der Waals surface area contributed by atoms with Gasteiger partial charge in [-0.15, -0.1) is 0 Å². The van der Waals surface area contributed by atoms with Crippen molar-refractivity contribution in [2.24, 2.45) is 16.7 Å². The van der Waals surface area contributed by atoms with Gasteiger partial charge in [-0.1, -0.05) is 27.7 Å². The van der Waals surface area contributed by atoms with Crippen molar-refractivity contribution in [3.8, 4) is 0 Å². The molecule has 1 saturated heterocycles. The second kappa shape index (κ2) is 4.10. The summed E-state index contributed by atoms with van der Waals surface area (Å²) in [5.74, 6) is -1.24. The van der Waals surface area contributed by atoms with Gasteiger partial charge in [0.15, 0.2) is 0 Å². The fourth-order valence-electron chi connectivity index (χ4n) is 3.47. The molecule has 18 heavy (non-hydrogen) atoms. The van der Waals surface area contributed by atoms with Gasteiger partial charge in [-0.05, 0) is 10.8 Å². The van der Waals surface area contributed by atoms with Crippen LogP contribution >= 0.6 is 0 Å². The summed E-state index contributed by atoms with van der Waals surface area (Å²) in [6, 6.07) is 0.259. The van der Waals surface area contributed by atoms with E-state index in [0.717, 1.165) is 0 Å². The van der Waals surface area contributed by atoms with E-state index in [9.17, 15) is 13.2 Å². The SMILES string of the molecule is CC1(C)C(N2CCNCC(C(F)(F)F)C2)C1(C)C. The number of hydrogen-bond donors (Lipinski definition) is 1. The molecule has 1 saturated carbocycles. The zero-order valence-electron chi connectivity index (χ0n) is 11.6. The Morgan fingerprint density at radius 1 is 1.11 bits per heavy atom. The van der Waals surface area contributed by atoms with E-state index in [1.807, 2.05) is 4.90 Å². The Hall–Kier alpha value is -0.290. The molecule has 0 radical (unpaired) electrons. The maximum Gasteiger partial charge on any atom is 0.394 e. The van der Waals surface area contributed by atoms with Crippen molar-refractivity contribution in [2.75, 3.05) is 26.2 Å². The van der Waals surface area contributed by atoms with Crippen LogP contribution in [0, 0.1) is 16.7 Å². The summed E-state index contributed by atoms with van der Waals surface area (Å²) in [6.07, 6.45) is -4.10. The largest absolute Gasteiger partial charge is 0.394 e. The third kappa shape index (κ3) is 2.16. The molecule has 2 aliphatic rings. The van der Waals surface area contributed by atoms with Gasteiger partial charge >= 0.3 is 6.18 Å². The van der Waals surface area contributed by atoms with Crippen LogP contribution in [-0.4, -0.2) is 43.3 Å². The van der Waals surface area contributed by atoms with Crippen LogP contribution in [0.5, 0.6) is 0 Å². The Kier molecular flexibility index (Phi) is 3.22. The maximum atomic E-state index is 12.9. The zero-order valence-corrected chi connectivity index (χ0v) is 11.6. The van der Waals surface area contributed by atoms with Gasteiger partial charge in [0.05, 0.1) is 5.92 Å². The molecule has 1 atom stereocenters. The molecule has 0 aromatic rings. The van der Waals surface area contributed by atoms with Crippen molar-refractivity contribution in [1.82, 2.24) is 10.2 Å². The number of rotatable bonds is 1. The average Bonchev–Trinajstić information content (AvgIpc) is 2.71. The summed E-state index contributed by atoms with van der Waals surface area (Å²) >= 11 is 0. The van der Waals surface area contributed by atoms with Crippen LogP contribution in [0.4, 0.5) is 13.2 Å². The first kappa shape index (κ1) is 14.1. The highest BCUT2D eigenvalue weighted by Crippen LogP contribution is 2.65. The first-order valence-electron chi connectivity index (χ1n) is 6.60. The monoisotopic (exact) mass is 264 g/mol. The Balaban J connectivity index is 2.10. The molecule has 1 aliphatic carbocycles. The van der Waals surface area contributed by atoms with E-state index in [1.165, 1.54) is 0 Å². The van der Waals surface area contributed by atoms with Gasteiger partial charge < -0.3 is 5.32 Å². The van der Waals surface area contributed by atoms with Crippen molar-refractivity contribution in [1.29, 1.82) is 0 Å². The molecule has 2 nitrogen and oxygen atoms in total. The van der Waals surface area contributed by atoms with Gasteiger partial charge in [-0.25, -0.2) is 0 Å². The molecule has 5 heteroatoms. The van der Waals surface area contributed by atoms with E-state index in [1.54, 1.807) is 0 Å². The lowest BCUT2D eigenvalue weighted by atomic mass is 10.0. The Morgan fingerprint density at radius 3 is 2.11 bits per heavy atom. The minimum absolute atomic E-state index is 0.0492. The summed E-state index contributed by atoms with van der Waals surface area (Å²) < 4.78 is 38.7. The molecule has 1 heterocycles. The third-order valence-electron chi connectivity index (χ3n) is 5.19. The van der Waals surface area contributed by atoms with Crippen molar-refractivity contribution >= 4 is 0 Å². The van der Waals surface area contributed by atoms with Crippen LogP contribution in [0.1, 0.15) is 27.7 Å². The summed E-state index contributed by atoms with van der Waals surface area (Å²) in [5, 5.41) is 2.91. The molecule has 1 N–H and O–H groups in total. The van der Waals surface area contributed by atoms with E-state index in [-0.39, 0.29) is 30.0 Å². The smallest absolute Gasteiger partial charge is 0.315 e. The number of hydrogen-bond acceptors (Lipinski definition) is 2. The topological polar surface area (TPSA) is 15.3 Å². The van der Waals surface area contributed by atoms with Crippen molar-refractivity contribution in [3.63, 3.8) is 0 Å². The molecule has 0 bridgehead atoms. The van der Waals surface area contributed by atoms with Crippen LogP contribution < -0.4 is 5.32 Å². The number of nitrogens with one attached hydrogen (secondary N) is 1. The van der Waals surface area contributed by atoms with Crippen LogP contribution in [0.3, 0.4) is 0 Å². The van der Waals surface area contributed by atoms with Gasteiger partial charge in [0.25, 0.3) is 0 Å². The normalized spacial score (nSPS) is 33.2. The van der Waals surface area contributed by atoms with Crippen LogP contribution in [-0.2, 0) is 0 Å². The Labute approximate surface area is 107 Å². The Morgan fingerprint density at radius 2 is 1.67 bits per heavy atom. The quantitative estimate of drug-likeness (QED) is 0.783. The maximum absolute atomic E-state index is 12.9. The molecule has 0 aromatic heterocycles. The molecule has 2 rings (SSSR count). The molecular formula is C13H23F3N2. The molecule has 0 amide bonds. The lowest BCUT2D eigenvalue weighted by molar-refractivity contribution is -0.176. The average molecular weight is 264 g/mol. The summed E-state index contributed by atoms with van der Waals surface area (Å²) in [7, 11) is 0. The van der Waals surface area contributed by atoms with Gasteiger partial charge in [-0.3, -0.25) is 4.90 Å². The van der Waals surface area contributed by atoms with Crippen molar-refractivity contribution in [2.45, 2.75) is 39.9 Å². The summed E-state index contributed by atoms with van der Waals surface area (Å²) in [4.78, 5) is 2.04. The Bertz CT molecular complexity index is 309. The highest BCUT2D eigenvalue weighted by atomic mass is 19.4. The minimum Gasteiger partial charge on any atom is -0.315 e. The third-order valence-corrected chi connectivity index (χ3v) is 5.19. The number of alkyl halides is 3. The van der Waals surface area contributed by atoms with E-state index in [2.05, 4.69) is 33.0 Å². The zero-order chi connectivity index (χ0) is 13.8. The molecule has 1 unspecified atom stereocenters. The molecule has 0 spiro atoms. The van der Waals surface area contributed by atoms with E-state index < -0.39 is 12.1 Å². The molecule has 1 aliphatic heterocycles. The van der Waals surface area contributed by atoms with Crippen LogP contribution in [0.15, 0.2) is 0 Å². The molecular weight excluding hydrogens is 241 g/mol. The van der Waals surface area contributed by atoms with Gasteiger partial charge in [-0.2, -0.15) is 13.2 Å². The van der Waals surface area contributed by atoms with Gasteiger partial charge in [0.2, 0.25) is 0 Å². The highest BCUT2D eigenvalue weighted by molar-refractivity contribution is 5.18. The highest BCUT2D eigenvalue weighted by Gasteiger charge is 2.67. The van der Waals surface area contributed by atoms with E-state index in [0.29, 0.717) is 13.1 Å². The fraction of sp³-hybridized carbons (Fsp3) is 1.00. The second-order valence-electron chi connectivity index (χ2n) is 6.78. The van der Waals surface area contributed by atoms with Crippen molar-refractivity contribution in [3.05, 3.63) is 0 Å². The second-order valence-corrected chi connectivity index (χ2v) is 6.78. The summed E-state index contributed by atoms with van der Waals surface area (Å²) in [5.41, 5.74) is 0.209. The lowest BCUT2D eigenvalue weighted by Crippen LogP contribution is -2.40. The van der Waals surface area contributed by atoms with Crippen LogP contribution in [0.25, 0.3) is 0 Å². The molecule has 0 aromatic carbocycles. The number of halogens is 3. The predicted molar refractivity (Wildman–Crippen MR) is 65.3 cm³/mol. The number of nitrogens with zero attached hydrogens (tertiary/aromatic N) is 1. The minimum atomic E-state index is -4.10. The standard InChI is InChI=1S/C13H23F3N2/c1-11(2)10(12(11,3)4)18-6-5-17-7-9(8-18)13(14,15)16/h9-10,17H,5-8H2,1-4H3. The lowest BCUT2D eigenvalue weighted by Gasteiger charge is -2.27. The molecule has 106 valence electrons. The van der Waals surface area contributed by atoms with E-state index >= 15 is 0 Å². The van der Waals surface area contributed by atoms with Crippen molar-refractivity contribution < 1.29 is 13.2 Å². The van der Waals surface area contributed by atoms with Crippen LogP contribution in [0.2, 0.25) is 0 Å². The fourth-order valence-corrected chi connectivity index (χ4v) is 3.47.